The maximum absolute atomic E-state index is 2.80. The summed E-state index contributed by atoms with van der Waals surface area (Å²) in [5.74, 6) is 0. The molecular weight excluding hydrogens is 229 g/mol. The van der Waals surface area contributed by atoms with Crippen LogP contribution in [-0.4, -0.2) is 16.5 Å². The highest BCUT2D eigenvalue weighted by atomic mass is 32.2. The lowest BCUT2D eigenvalue weighted by molar-refractivity contribution is 1.22. The van der Waals surface area contributed by atoms with E-state index in [1.807, 2.05) is 11.8 Å². The van der Waals surface area contributed by atoms with Gasteiger partial charge in [0.2, 0.25) is 0 Å². The summed E-state index contributed by atoms with van der Waals surface area (Å²) in [5, 5.41) is 0. The number of fused-ring (bicyclic) bond motifs is 2. The summed E-state index contributed by atoms with van der Waals surface area (Å²) < 4.78 is 2.18. The highest BCUT2D eigenvalue weighted by molar-refractivity contribution is 7.99. The van der Waals surface area contributed by atoms with Crippen molar-refractivity contribution in [2.75, 3.05) is 3.88 Å². The average molecular weight is 239 g/mol. The Morgan fingerprint density at radius 1 is 1.00 bits per heavy atom. The van der Waals surface area contributed by atoms with Crippen LogP contribution in [0.5, 0.6) is 0 Å². The molecule has 1 heterocycles. The molecule has 76 valence electrons. The van der Waals surface area contributed by atoms with E-state index in [1.54, 1.807) is 0 Å². The number of anilines is 2. The molecule has 0 aliphatic carbocycles. The Morgan fingerprint density at radius 3 is 2.62 bits per heavy atom. The Labute approximate surface area is 108 Å². The Hall–Kier alpha value is -0.878. The summed E-state index contributed by atoms with van der Waals surface area (Å²) in [4.78, 5) is 2.64. The first-order chi connectivity index (χ1) is 7.75. The van der Waals surface area contributed by atoms with Gasteiger partial charge in [-0.1, -0.05) is 30.0 Å². The van der Waals surface area contributed by atoms with Crippen LogP contribution in [-0.2, 0) is 0 Å². The fourth-order valence-corrected chi connectivity index (χ4v) is 3.70. The van der Waals surface area contributed by atoms with E-state index >= 15 is 0 Å². The zero-order valence-electron chi connectivity index (χ0n) is 8.97. The van der Waals surface area contributed by atoms with Crippen molar-refractivity contribution in [2.45, 2.75) is 16.7 Å². The molecule has 2 aromatic carbocycles. The maximum atomic E-state index is 2.80. The molecule has 0 saturated carbocycles. The van der Waals surface area contributed by atoms with Gasteiger partial charge in [-0.2, -0.15) is 0 Å². The van der Waals surface area contributed by atoms with Gasteiger partial charge in [-0.05, 0) is 36.8 Å². The Balaban J connectivity index is 2.18. The van der Waals surface area contributed by atoms with Crippen molar-refractivity contribution >= 4 is 39.6 Å². The van der Waals surface area contributed by atoms with Crippen LogP contribution < -0.4 is 3.88 Å². The second-order valence-corrected chi connectivity index (χ2v) is 5.51. The van der Waals surface area contributed by atoms with Crippen molar-refractivity contribution < 1.29 is 0 Å². The molecule has 0 atom stereocenters. The van der Waals surface area contributed by atoms with E-state index in [0.29, 0.717) is 0 Å². The zero-order valence-corrected chi connectivity index (χ0v) is 10.9. The summed E-state index contributed by atoms with van der Waals surface area (Å²) >= 11 is 4.64. The number of rotatable bonds is 0. The minimum Gasteiger partial charge on any atom is -0.451 e. The molecule has 2 radical (unpaired) electrons. The molecular formula is C13H10AlNS. The van der Waals surface area contributed by atoms with Gasteiger partial charge in [0.05, 0.1) is 0 Å². The lowest BCUT2D eigenvalue weighted by Crippen LogP contribution is -2.16. The first kappa shape index (κ1) is 10.3. The van der Waals surface area contributed by atoms with E-state index < -0.39 is 0 Å². The molecule has 0 amide bonds. The molecule has 1 nitrogen and oxygen atoms in total. The van der Waals surface area contributed by atoms with E-state index in [-0.39, 0.29) is 0 Å². The first-order valence-corrected chi connectivity index (χ1v) is 6.51. The highest BCUT2D eigenvalue weighted by Gasteiger charge is 2.18. The monoisotopic (exact) mass is 239 g/mol. The van der Waals surface area contributed by atoms with Crippen molar-refractivity contribution in [2.24, 2.45) is 0 Å². The second kappa shape index (κ2) is 3.85. The zero-order chi connectivity index (χ0) is 11.1. The maximum Gasteiger partial charge on any atom is 0.318 e. The number of hydrogen-bond donors (Lipinski definition) is 0. The highest BCUT2D eigenvalue weighted by Crippen LogP contribution is 2.46. The second-order valence-electron chi connectivity index (χ2n) is 3.91. The van der Waals surface area contributed by atoms with Crippen LogP contribution in [0.2, 0.25) is 0 Å². The third-order valence-corrected chi connectivity index (χ3v) is 4.39. The molecule has 16 heavy (non-hydrogen) atoms. The fraction of sp³-hybridized carbons (Fsp3) is 0.0769. The van der Waals surface area contributed by atoms with E-state index in [2.05, 4.69) is 69.8 Å². The van der Waals surface area contributed by atoms with Crippen LogP contribution in [0.15, 0.2) is 52.3 Å². The predicted molar refractivity (Wildman–Crippen MR) is 69.6 cm³/mol. The first-order valence-electron chi connectivity index (χ1n) is 5.18. The van der Waals surface area contributed by atoms with Crippen LogP contribution in [0.4, 0.5) is 11.4 Å². The van der Waals surface area contributed by atoms with Gasteiger partial charge in [0.15, 0.2) is 0 Å². The van der Waals surface area contributed by atoms with Crippen LogP contribution in [0.1, 0.15) is 5.56 Å². The molecule has 3 rings (SSSR count). The smallest absolute Gasteiger partial charge is 0.318 e. The van der Waals surface area contributed by atoms with Gasteiger partial charge in [-0.25, -0.2) is 0 Å². The van der Waals surface area contributed by atoms with Crippen LogP contribution in [0, 0.1) is 6.92 Å². The topological polar surface area (TPSA) is 3.24 Å². The van der Waals surface area contributed by atoms with Crippen LogP contribution >= 0.6 is 11.8 Å². The molecule has 0 N–H and O–H groups in total. The lowest BCUT2D eigenvalue weighted by Gasteiger charge is -2.31. The van der Waals surface area contributed by atoms with Crippen molar-refractivity contribution in [3.63, 3.8) is 0 Å². The number of hydrogen-bond acceptors (Lipinski definition) is 2. The molecule has 1 aliphatic rings. The summed E-state index contributed by atoms with van der Waals surface area (Å²) in [5.41, 5.74) is 3.83. The molecule has 0 aromatic heterocycles. The molecule has 0 saturated heterocycles. The van der Waals surface area contributed by atoms with Gasteiger partial charge in [-0.15, -0.1) is 0 Å². The molecule has 0 spiro atoms. The van der Waals surface area contributed by atoms with Crippen molar-refractivity contribution in [1.29, 1.82) is 0 Å². The van der Waals surface area contributed by atoms with Gasteiger partial charge in [0, 0.05) is 21.2 Å². The van der Waals surface area contributed by atoms with Crippen LogP contribution in [0.25, 0.3) is 0 Å². The molecule has 0 unspecified atom stereocenters. The molecule has 0 fully saturated rings. The minimum atomic E-state index is 1.26. The Kier molecular flexibility index (Phi) is 2.48. The fourth-order valence-electron chi connectivity index (χ4n) is 1.89. The summed E-state index contributed by atoms with van der Waals surface area (Å²) in [6.07, 6.45) is 0. The third kappa shape index (κ3) is 1.56. The van der Waals surface area contributed by atoms with Crippen molar-refractivity contribution in [1.82, 2.24) is 0 Å². The van der Waals surface area contributed by atoms with Gasteiger partial charge in [0.25, 0.3) is 0 Å². The van der Waals surface area contributed by atoms with Crippen molar-refractivity contribution in [3.05, 3.63) is 48.0 Å². The summed E-state index contributed by atoms with van der Waals surface area (Å²) in [7, 11) is 0. The molecule has 1 aliphatic heterocycles. The third-order valence-electron chi connectivity index (χ3n) is 2.72. The van der Waals surface area contributed by atoms with Crippen LogP contribution in [0.3, 0.4) is 0 Å². The normalized spacial score (nSPS) is 13.2. The van der Waals surface area contributed by atoms with Gasteiger partial charge < -0.3 is 3.88 Å². The molecule has 0 bridgehead atoms. The SMILES string of the molecule is Cc1ccc2c(c1)Sc1ccccc1[N]2[Al]. The van der Waals surface area contributed by atoms with Gasteiger partial charge in [-0.3, -0.25) is 0 Å². The number of para-hydroxylation sites is 1. The van der Waals surface area contributed by atoms with Crippen molar-refractivity contribution in [3.8, 4) is 0 Å². The predicted octanol–water partition coefficient (Wildman–Crippen LogP) is 3.68. The lowest BCUT2D eigenvalue weighted by atomic mass is 10.2. The number of nitrogens with zero attached hydrogens (tertiary/aromatic N) is 1. The van der Waals surface area contributed by atoms with Gasteiger partial charge in [0.1, 0.15) is 0 Å². The van der Waals surface area contributed by atoms with E-state index in [9.17, 15) is 0 Å². The number of aryl methyl sites for hydroxylation is 1. The summed E-state index contributed by atoms with van der Waals surface area (Å²) in [6.45, 7) is 2.13. The average Bonchev–Trinajstić information content (AvgIpc) is 2.29. The van der Waals surface area contributed by atoms with Gasteiger partial charge >= 0.3 is 16.5 Å². The molecule has 2 aromatic rings. The molecule has 3 heteroatoms. The van der Waals surface area contributed by atoms with E-state index in [0.717, 1.165) is 0 Å². The standard InChI is InChI=1S/C13H10NS.Al/c1-9-6-7-11-13(8-9)15-12-5-3-2-4-10(12)14-11;/h2-8H,1H3;/q-1;+1. The minimum absolute atomic E-state index is 1.26. The number of benzene rings is 2. The largest absolute Gasteiger partial charge is 0.451 e. The Morgan fingerprint density at radius 2 is 1.75 bits per heavy atom. The Bertz CT molecular complexity index is 553. The van der Waals surface area contributed by atoms with E-state index in [4.69, 9.17) is 0 Å². The quantitative estimate of drug-likeness (QED) is 0.645. The van der Waals surface area contributed by atoms with E-state index in [1.165, 1.54) is 26.7 Å². The summed E-state index contributed by atoms with van der Waals surface area (Å²) in [6, 6.07) is 15.1.